The van der Waals surface area contributed by atoms with Crippen LogP contribution in [0.15, 0.2) is 48.5 Å². The van der Waals surface area contributed by atoms with Crippen LogP contribution in [-0.2, 0) is 22.7 Å². The van der Waals surface area contributed by atoms with Crippen LogP contribution < -0.4 is 0 Å². The normalized spacial score (nSPS) is 20.7. The van der Waals surface area contributed by atoms with Gasteiger partial charge in [-0.1, -0.05) is 42.0 Å². The predicted octanol–water partition coefficient (Wildman–Crippen LogP) is 3.86. The Hall–Kier alpha value is -2.94. The molecule has 0 aliphatic carbocycles. The van der Waals surface area contributed by atoms with Crippen molar-refractivity contribution in [3.05, 3.63) is 71.0 Å². The van der Waals surface area contributed by atoms with Crippen LogP contribution in [0, 0.1) is 24.6 Å². The Morgan fingerprint density at radius 3 is 2.25 bits per heavy atom. The molecule has 2 aromatic carbocycles. The first-order valence-corrected chi connectivity index (χ1v) is 10.1. The number of fused-ring (bicyclic) bond motifs is 1. The SMILES string of the molecule is Cc1cccc(CN2C[C@@H]3CN(Cc4ccc(F)cc4)C[C@@H]3C2=O)c1.O=C(O)C(F)(F)F. The minimum Gasteiger partial charge on any atom is -0.475 e. The fourth-order valence-electron chi connectivity index (χ4n) is 4.18. The highest BCUT2D eigenvalue weighted by molar-refractivity contribution is 5.82. The van der Waals surface area contributed by atoms with Gasteiger partial charge in [-0.3, -0.25) is 9.69 Å². The molecule has 0 unspecified atom stereocenters. The topological polar surface area (TPSA) is 60.9 Å². The maximum absolute atomic E-state index is 13.0. The van der Waals surface area contributed by atoms with Gasteiger partial charge in [-0.15, -0.1) is 0 Å². The Labute approximate surface area is 183 Å². The monoisotopic (exact) mass is 452 g/mol. The van der Waals surface area contributed by atoms with E-state index in [1.165, 1.54) is 23.3 Å². The van der Waals surface area contributed by atoms with Crippen molar-refractivity contribution in [2.45, 2.75) is 26.2 Å². The number of halogens is 4. The molecular weight excluding hydrogens is 428 g/mol. The number of aryl methyl sites for hydroxylation is 1. The van der Waals surface area contributed by atoms with E-state index in [9.17, 15) is 22.4 Å². The standard InChI is InChI=1S/C21H23FN2O.C2HF3O2/c1-15-3-2-4-17(9-15)11-24-13-18-12-23(14-20(18)21(24)25)10-16-5-7-19(22)8-6-16;3-2(4,5)1(6)7/h2-9,18,20H,10-14H2,1H3;(H,6,7)/t18-,20-;/m0./s1. The minimum atomic E-state index is -5.08. The summed E-state index contributed by atoms with van der Waals surface area (Å²) in [6.07, 6.45) is -5.08. The van der Waals surface area contributed by atoms with Gasteiger partial charge in [0.1, 0.15) is 5.82 Å². The van der Waals surface area contributed by atoms with E-state index < -0.39 is 12.1 Å². The van der Waals surface area contributed by atoms with Crippen LogP contribution in [0.5, 0.6) is 0 Å². The fourth-order valence-corrected chi connectivity index (χ4v) is 4.18. The number of aliphatic carboxylic acids is 1. The molecule has 1 N–H and O–H groups in total. The molecule has 0 radical (unpaired) electrons. The predicted molar refractivity (Wildman–Crippen MR) is 109 cm³/mol. The lowest BCUT2D eigenvalue weighted by atomic mass is 10.0. The molecule has 4 rings (SSSR count). The first-order valence-electron chi connectivity index (χ1n) is 10.1. The molecule has 2 saturated heterocycles. The fraction of sp³-hybridized carbons (Fsp3) is 0.391. The highest BCUT2D eigenvalue weighted by atomic mass is 19.4. The third-order valence-corrected chi connectivity index (χ3v) is 5.62. The van der Waals surface area contributed by atoms with Gasteiger partial charge in [0.15, 0.2) is 0 Å². The van der Waals surface area contributed by atoms with E-state index in [0.717, 1.165) is 31.7 Å². The number of benzene rings is 2. The first kappa shape index (κ1) is 23.7. The van der Waals surface area contributed by atoms with Gasteiger partial charge in [-0.2, -0.15) is 13.2 Å². The summed E-state index contributed by atoms with van der Waals surface area (Å²) < 4.78 is 44.8. The zero-order valence-electron chi connectivity index (χ0n) is 17.5. The number of hydrogen-bond acceptors (Lipinski definition) is 3. The summed E-state index contributed by atoms with van der Waals surface area (Å²) in [5, 5.41) is 7.12. The van der Waals surface area contributed by atoms with Crippen molar-refractivity contribution in [3.63, 3.8) is 0 Å². The summed E-state index contributed by atoms with van der Waals surface area (Å²) in [5.41, 5.74) is 3.54. The van der Waals surface area contributed by atoms with Crippen molar-refractivity contribution in [1.82, 2.24) is 9.80 Å². The number of amides is 1. The maximum Gasteiger partial charge on any atom is 0.490 e. The minimum absolute atomic E-state index is 0.116. The Balaban J connectivity index is 0.000000360. The Morgan fingerprint density at radius 2 is 1.69 bits per heavy atom. The van der Waals surface area contributed by atoms with E-state index in [1.807, 2.05) is 17.0 Å². The summed E-state index contributed by atoms with van der Waals surface area (Å²) in [4.78, 5) is 26.0. The van der Waals surface area contributed by atoms with Gasteiger partial charge >= 0.3 is 12.1 Å². The molecule has 172 valence electrons. The molecule has 2 heterocycles. The summed E-state index contributed by atoms with van der Waals surface area (Å²) in [6, 6.07) is 15.0. The van der Waals surface area contributed by atoms with Crippen molar-refractivity contribution >= 4 is 11.9 Å². The number of carbonyl (C=O) groups is 2. The molecule has 1 amide bonds. The van der Waals surface area contributed by atoms with Crippen molar-refractivity contribution < 1.29 is 32.3 Å². The molecule has 0 saturated carbocycles. The number of alkyl halides is 3. The van der Waals surface area contributed by atoms with E-state index >= 15 is 0 Å². The Bertz CT molecular complexity index is 962. The lowest BCUT2D eigenvalue weighted by Gasteiger charge is -2.22. The number of rotatable bonds is 4. The van der Waals surface area contributed by atoms with E-state index in [-0.39, 0.29) is 17.6 Å². The quantitative estimate of drug-likeness (QED) is 0.716. The van der Waals surface area contributed by atoms with E-state index in [0.29, 0.717) is 12.5 Å². The van der Waals surface area contributed by atoms with Crippen molar-refractivity contribution in [2.75, 3.05) is 19.6 Å². The van der Waals surface area contributed by atoms with Crippen LogP contribution in [0.1, 0.15) is 16.7 Å². The third kappa shape index (κ3) is 6.06. The molecule has 2 aromatic rings. The van der Waals surface area contributed by atoms with Gasteiger partial charge in [-0.25, -0.2) is 9.18 Å². The summed E-state index contributed by atoms with van der Waals surface area (Å²) in [6.45, 7) is 6.18. The van der Waals surface area contributed by atoms with Crippen LogP contribution in [0.4, 0.5) is 17.6 Å². The molecule has 9 heteroatoms. The summed E-state index contributed by atoms with van der Waals surface area (Å²) in [7, 11) is 0. The van der Waals surface area contributed by atoms with E-state index in [4.69, 9.17) is 9.90 Å². The number of carbonyl (C=O) groups excluding carboxylic acids is 1. The zero-order valence-corrected chi connectivity index (χ0v) is 17.5. The Kier molecular flexibility index (Phi) is 7.18. The number of hydrogen-bond donors (Lipinski definition) is 1. The second-order valence-electron chi connectivity index (χ2n) is 8.20. The van der Waals surface area contributed by atoms with Crippen LogP contribution in [-0.4, -0.2) is 52.6 Å². The van der Waals surface area contributed by atoms with Crippen LogP contribution in [0.2, 0.25) is 0 Å². The van der Waals surface area contributed by atoms with Crippen molar-refractivity contribution in [2.24, 2.45) is 11.8 Å². The summed E-state index contributed by atoms with van der Waals surface area (Å²) >= 11 is 0. The van der Waals surface area contributed by atoms with Crippen LogP contribution >= 0.6 is 0 Å². The largest absolute Gasteiger partial charge is 0.490 e. The van der Waals surface area contributed by atoms with Crippen molar-refractivity contribution in [1.29, 1.82) is 0 Å². The molecular formula is C23H24F4N2O3. The lowest BCUT2D eigenvalue weighted by molar-refractivity contribution is -0.192. The number of nitrogens with zero attached hydrogens (tertiary/aromatic N) is 2. The smallest absolute Gasteiger partial charge is 0.475 e. The average Bonchev–Trinajstić information content (AvgIpc) is 3.22. The summed E-state index contributed by atoms with van der Waals surface area (Å²) in [5.74, 6) is -2.15. The van der Waals surface area contributed by atoms with Gasteiger partial charge in [0.2, 0.25) is 5.91 Å². The maximum atomic E-state index is 13.0. The highest BCUT2D eigenvalue weighted by Gasteiger charge is 2.45. The molecule has 0 aromatic heterocycles. The van der Waals surface area contributed by atoms with Crippen molar-refractivity contribution in [3.8, 4) is 0 Å². The molecule has 2 aliphatic rings. The number of carboxylic acid groups (broad SMARTS) is 1. The van der Waals surface area contributed by atoms with Gasteiger partial charge in [-0.05, 0) is 30.2 Å². The third-order valence-electron chi connectivity index (χ3n) is 5.62. The second kappa shape index (κ2) is 9.68. The average molecular weight is 452 g/mol. The number of carboxylic acids is 1. The molecule has 0 bridgehead atoms. The first-order chi connectivity index (χ1) is 15.0. The highest BCUT2D eigenvalue weighted by Crippen LogP contribution is 2.33. The number of likely N-dealkylation sites (tertiary alicyclic amines) is 2. The van der Waals surface area contributed by atoms with Gasteiger partial charge < -0.3 is 10.0 Å². The van der Waals surface area contributed by atoms with Crippen LogP contribution in [0.3, 0.4) is 0 Å². The van der Waals surface area contributed by atoms with E-state index in [1.54, 1.807) is 0 Å². The molecule has 32 heavy (non-hydrogen) atoms. The molecule has 0 spiro atoms. The lowest BCUT2D eigenvalue weighted by Crippen LogP contribution is -2.32. The van der Waals surface area contributed by atoms with E-state index in [2.05, 4.69) is 36.1 Å². The molecule has 2 atom stereocenters. The van der Waals surface area contributed by atoms with Crippen LogP contribution in [0.25, 0.3) is 0 Å². The molecule has 5 nitrogen and oxygen atoms in total. The molecule has 2 aliphatic heterocycles. The van der Waals surface area contributed by atoms with Gasteiger partial charge in [0.05, 0.1) is 5.92 Å². The molecule has 2 fully saturated rings. The Morgan fingerprint density at radius 1 is 1.03 bits per heavy atom. The van der Waals surface area contributed by atoms with Gasteiger partial charge in [0, 0.05) is 38.6 Å². The van der Waals surface area contributed by atoms with Gasteiger partial charge in [0.25, 0.3) is 0 Å². The second-order valence-corrected chi connectivity index (χ2v) is 8.20. The zero-order chi connectivity index (χ0) is 23.5.